The second kappa shape index (κ2) is 9.36. The van der Waals surface area contributed by atoms with Crippen LogP contribution in [0.25, 0.3) is 11.3 Å². The molecule has 0 atom stereocenters. The molecule has 3 nitrogen and oxygen atoms in total. The maximum Gasteiger partial charge on any atom is 0.200 e. The fourth-order valence-electron chi connectivity index (χ4n) is 3.82. The molecule has 1 saturated carbocycles. The Morgan fingerprint density at radius 3 is 2.54 bits per heavy atom. The smallest absolute Gasteiger partial charge is 0.200 e. The van der Waals surface area contributed by atoms with Crippen LogP contribution in [-0.4, -0.2) is 15.1 Å². The maximum atomic E-state index is 6.11. The predicted octanol–water partition coefficient (Wildman–Crippen LogP) is 7.00. The first-order valence-electron chi connectivity index (χ1n) is 9.42. The highest BCUT2D eigenvalue weighted by Gasteiger charge is 2.22. The van der Waals surface area contributed by atoms with Gasteiger partial charge >= 0.3 is 0 Å². The summed E-state index contributed by atoms with van der Waals surface area (Å²) in [5.41, 5.74) is 3.19. The van der Waals surface area contributed by atoms with Gasteiger partial charge in [0, 0.05) is 5.56 Å². The molecule has 2 aromatic rings. The largest absolute Gasteiger partial charge is 0.232 e. The van der Waals surface area contributed by atoms with E-state index < -0.39 is 0 Å². The summed E-state index contributed by atoms with van der Waals surface area (Å²) < 4.78 is 0. The van der Waals surface area contributed by atoms with Gasteiger partial charge in [-0.2, -0.15) is 4.99 Å². The molecule has 1 aromatic carbocycles. The van der Waals surface area contributed by atoms with Gasteiger partial charge in [-0.1, -0.05) is 62.1 Å². The summed E-state index contributed by atoms with van der Waals surface area (Å²) in [5.74, 6) is 1.94. The molecular weight excluding hydrogens is 362 g/mol. The molecule has 1 aliphatic rings. The van der Waals surface area contributed by atoms with Crippen LogP contribution < -0.4 is 0 Å². The molecule has 3 rings (SSSR count). The Hall–Kier alpha value is -1.61. The molecule has 0 spiro atoms. The van der Waals surface area contributed by atoms with Crippen molar-refractivity contribution in [1.82, 2.24) is 9.97 Å². The Kier molecular flexibility index (Phi) is 6.90. The zero-order valence-corrected chi connectivity index (χ0v) is 16.7. The van der Waals surface area contributed by atoms with Crippen LogP contribution in [0.1, 0.15) is 63.4 Å². The first-order chi connectivity index (χ1) is 12.7. The van der Waals surface area contributed by atoms with Crippen LogP contribution in [-0.2, 0) is 0 Å². The van der Waals surface area contributed by atoms with E-state index in [9.17, 15) is 0 Å². The lowest BCUT2D eigenvalue weighted by atomic mass is 9.77. The van der Waals surface area contributed by atoms with Crippen LogP contribution in [0.3, 0.4) is 0 Å². The number of thiocarbonyl (C=S) groups is 1. The van der Waals surface area contributed by atoms with E-state index in [1.807, 2.05) is 0 Å². The quantitative estimate of drug-likeness (QED) is 0.397. The lowest BCUT2D eigenvalue weighted by Crippen LogP contribution is -2.13. The first-order valence-corrected chi connectivity index (χ1v) is 10.2. The molecule has 0 aliphatic heterocycles. The lowest BCUT2D eigenvalue weighted by molar-refractivity contribution is 0.304. The Morgan fingerprint density at radius 2 is 1.92 bits per heavy atom. The first kappa shape index (κ1) is 19.2. The number of aliphatic imine (C=N–C) groups is 1. The minimum Gasteiger partial charge on any atom is -0.232 e. The monoisotopic (exact) mass is 385 g/mol. The molecule has 0 amide bonds. The average molecular weight is 386 g/mol. The molecule has 0 N–H and O–H groups in total. The van der Waals surface area contributed by atoms with E-state index in [0.717, 1.165) is 17.2 Å². The summed E-state index contributed by atoms with van der Waals surface area (Å²) in [7, 11) is 0. The number of unbranched alkanes of at least 4 members (excludes halogenated alkanes) is 1. The SMILES string of the molecule is CCCCC1CCC(c2ccc(-c3cnc(N=C=S)c(Cl)n3)cc2)CC1. The Morgan fingerprint density at radius 1 is 1.19 bits per heavy atom. The van der Waals surface area contributed by atoms with Crippen LogP contribution in [0.5, 0.6) is 0 Å². The summed E-state index contributed by atoms with van der Waals surface area (Å²) in [6.45, 7) is 2.28. The molecule has 1 aromatic heterocycles. The highest BCUT2D eigenvalue weighted by atomic mass is 35.5. The molecular formula is C21H24ClN3S. The van der Waals surface area contributed by atoms with Crippen molar-refractivity contribution in [3.63, 3.8) is 0 Å². The van der Waals surface area contributed by atoms with Gasteiger partial charge in [0.25, 0.3) is 0 Å². The molecule has 0 saturated heterocycles. The summed E-state index contributed by atoms with van der Waals surface area (Å²) in [5, 5.41) is 2.51. The van der Waals surface area contributed by atoms with Gasteiger partial charge in [0.2, 0.25) is 0 Å². The van der Waals surface area contributed by atoms with E-state index in [-0.39, 0.29) is 5.15 Å². The van der Waals surface area contributed by atoms with Crippen molar-refractivity contribution < 1.29 is 0 Å². The van der Waals surface area contributed by atoms with Crippen molar-refractivity contribution in [2.45, 2.75) is 57.8 Å². The molecule has 0 bridgehead atoms. The Bertz CT molecular complexity index is 776. The third kappa shape index (κ3) is 4.76. The van der Waals surface area contributed by atoms with Crippen LogP contribution in [0, 0.1) is 5.92 Å². The van der Waals surface area contributed by atoms with E-state index in [2.05, 4.69) is 63.5 Å². The van der Waals surface area contributed by atoms with Crippen LogP contribution >= 0.6 is 23.8 Å². The molecule has 0 unspecified atom stereocenters. The summed E-state index contributed by atoms with van der Waals surface area (Å²) >= 11 is 10.7. The average Bonchev–Trinajstić information content (AvgIpc) is 2.69. The van der Waals surface area contributed by atoms with Crippen LogP contribution in [0.4, 0.5) is 5.82 Å². The molecule has 5 heteroatoms. The number of isothiocyanates is 1. The molecule has 26 heavy (non-hydrogen) atoms. The predicted molar refractivity (Wildman–Crippen MR) is 111 cm³/mol. The third-order valence-electron chi connectivity index (χ3n) is 5.35. The summed E-state index contributed by atoms with van der Waals surface area (Å²) in [4.78, 5) is 12.4. The van der Waals surface area contributed by atoms with Crippen molar-refractivity contribution in [1.29, 1.82) is 0 Å². The Labute approximate surface area is 165 Å². The zero-order chi connectivity index (χ0) is 18.4. The van der Waals surface area contributed by atoms with Crippen molar-refractivity contribution in [2.75, 3.05) is 0 Å². The normalized spacial score (nSPS) is 19.8. The van der Waals surface area contributed by atoms with Gasteiger partial charge in [-0.25, -0.2) is 9.97 Å². The minimum atomic E-state index is 0.245. The van der Waals surface area contributed by atoms with Gasteiger partial charge < -0.3 is 0 Å². The highest BCUT2D eigenvalue weighted by molar-refractivity contribution is 7.78. The number of benzene rings is 1. The highest BCUT2D eigenvalue weighted by Crippen LogP contribution is 2.38. The fraction of sp³-hybridized carbons (Fsp3) is 0.476. The number of rotatable bonds is 6. The Balaban J connectivity index is 1.66. The molecule has 1 aliphatic carbocycles. The number of hydrogen-bond donors (Lipinski definition) is 0. The van der Waals surface area contributed by atoms with E-state index in [1.165, 1.54) is 50.5 Å². The topological polar surface area (TPSA) is 38.1 Å². The van der Waals surface area contributed by atoms with Gasteiger partial charge in [0.1, 0.15) is 0 Å². The van der Waals surface area contributed by atoms with Gasteiger partial charge in [0.15, 0.2) is 11.0 Å². The van der Waals surface area contributed by atoms with Gasteiger partial charge in [0.05, 0.1) is 17.1 Å². The zero-order valence-electron chi connectivity index (χ0n) is 15.1. The van der Waals surface area contributed by atoms with Crippen molar-refractivity contribution in [3.05, 3.63) is 41.2 Å². The van der Waals surface area contributed by atoms with Crippen molar-refractivity contribution in [2.24, 2.45) is 10.9 Å². The van der Waals surface area contributed by atoms with Crippen LogP contribution in [0.15, 0.2) is 35.5 Å². The number of nitrogens with zero attached hydrogens (tertiary/aromatic N) is 3. The number of halogens is 1. The third-order valence-corrected chi connectivity index (χ3v) is 5.70. The molecule has 136 valence electrons. The van der Waals surface area contributed by atoms with Gasteiger partial charge in [-0.15, -0.1) is 0 Å². The van der Waals surface area contributed by atoms with Crippen molar-refractivity contribution in [3.8, 4) is 11.3 Å². The molecule has 0 radical (unpaired) electrons. The van der Waals surface area contributed by atoms with E-state index >= 15 is 0 Å². The van der Waals surface area contributed by atoms with Crippen molar-refractivity contribution >= 4 is 34.8 Å². The van der Waals surface area contributed by atoms with E-state index in [4.69, 9.17) is 11.6 Å². The fourth-order valence-corrected chi connectivity index (χ4v) is 4.09. The minimum absolute atomic E-state index is 0.245. The van der Waals surface area contributed by atoms with Gasteiger partial charge in [-0.3, -0.25) is 0 Å². The number of aromatic nitrogens is 2. The summed E-state index contributed by atoms with van der Waals surface area (Å²) in [6.07, 6.45) is 11.1. The maximum absolute atomic E-state index is 6.11. The van der Waals surface area contributed by atoms with Gasteiger partial charge in [-0.05, 0) is 55.3 Å². The summed E-state index contributed by atoms with van der Waals surface area (Å²) in [6, 6.07) is 8.68. The molecule has 1 fully saturated rings. The van der Waals surface area contributed by atoms with Crippen LogP contribution in [0.2, 0.25) is 5.15 Å². The lowest BCUT2D eigenvalue weighted by Gasteiger charge is -2.29. The molecule has 1 heterocycles. The second-order valence-electron chi connectivity index (χ2n) is 7.05. The number of hydrogen-bond acceptors (Lipinski definition) is 4. The van der Waals surface area contributed by atoms with E-state index in [1.54, 1.807) is 6.20 Å². The second-order valence-corrected chi connectivity index (χ2v) is 7.60. The van der Waals surface area contributed by atoms with E-state index in [0.29, 0.717) is 11.7 Å². The standard InChI is InChI=1S/C21H24ClN3S/c1-2-3-4-15-5-7-16(8-6-15)17-9-11-18(12-10-17)19-13-23-21(24-14-26)20(22)25-19/h9-13,15-16H,2-8H2,1H3.